The predicted molar refractivity (Wildman–Crippen MR) is 74.1 cm³/mol. The first-order chi connectivity index (χ1) is 9.28. The Morgan fingerprint density at radius 3 is 2.60 bits per heavy atom. The summed E-state index contributed by atoms with van der Waals surface area (Å²) in [6.45, 7) is 6.83. The van der Waals surface area contributed by atoms with Crippen molar-refractivity contribution < 1.29 is 19.1 Å². The van der Waals surface area contributed by atoms with Gasteiger partial charge < -0.3 is 9.47 Å². The summed E-state index contributed by atoms with van der Waals surface area (Å²) >= 11 is 0. The van der Waals surface area contributed by atoms with Crippen molar-refractivity contribution in [2.75, 3.05) is 0 Å². The average Bonchev–Trinajstić information content (AvgIpc) is 2.70. The van der Waals surface area contributed by atoms with Crippen LogP contribution >= 0.6 is 0 Å². The molecule has 0 aromatic carbocycles. The zero-order chi connectivity index (χ0) is 14.9. The lowest BCUT2D eigenvalue weighted by Gasteiger charge is -2.21. The van der Waals surface area contributed by atoms with Crippen LogP contribution in [-0.4, -0.2) is 22.2 Å². The van der Waals surface area contributed by atoms with Gasteiger partial charge in [-0.3, -0.25) is 9.36 Å². The second-order valence-corrected chi connectivity index (χ2v) is 5.73. The number of rotatable bonds is 1. The number of hydrogen-bond donors (Lipinski definition) is 0. The number of nitrogens with zero attached hydrogens (tertiary/aromatic N) is 1. The number of aromatic nitrogens is 1. The van der Waals surface area contributed by atoms with Crippen LogP contribution in [0.3, 0.4) is 0 Å². The molecule has 0 unspecified atom stereocenters. The highest BCUT2D eigenvalue weighted by Crippen LogP contribution is 2.29. The molecule has 5 heteroatoms. The fourth-order valence-electron chi connectivity index (χ4n) is 2.13. The number of carbonyl (C=O) groups is 2. The van der Waals surface area contributed by atoms with Crippen LogP contribution in [0.15, 0.2) is 18.3 Å². The van der Waals surface area contributed by atoms with Gasteiger partial charge in [-0.2, -0.15) is 0 Å². The molecule has 0 saturated carbocycles. The standard InChI is InChI=1S/C15H19NO4/c1-10(17)19-13-7-5-6-12-11(13)8-9-16(12)14(18)20-15(2,3)4/h7-9H,5-6H2,1-4H3. The Labute approximate surface area is 118 Å². The Morgan fingerprint density at radius 2 is 2.00 bits per heavy atom. The Morgan fingerprint density at radius 1 is 1.30 bits per heavy atom. The van der Waals surface area contributed by atoms with Crippen LogP contribution in [-0.2, 0) is 20.7 Å². The van der Waals surface area contributed by atoms with Crippen LogP contribution in [0.4, 0.5) is 4.79 Å². The zero-order valence-electron chi connectivity index (χ0n) is 12.2. The number of esters is 1. The van der Waals surface area contributed by atoms with Gasteiger partial charge in [0, 0.05) is 24.4 Å². The lowest BCUT2D eigenvalue weighted by atomic mass is 10.0. The summed E-state index contributed by atoms with van der Waals surface area (Å²) < 4.78 is 12.0. The smallest absolute Gasteiger partial charge is 0.418 e. The van der Waals surface area contributed by atoms with Crippen LogP contribution in [0.25, 0.3) is 5.76 Å². The fourth-order valence-corrected chi connectivity index (χ4v) is 2.13. The van der Waals surface area contributed by atoms with Gasteiger partial charge in [0.05, 0.1) is 0 Å². The molecule has 0 saturated heterocycles. The van der Waals surface area contributed by atoms with Gasteiger partial charge in [0.1, 0.15) is 11.4 Å². The molecular weight excluding hydrogens is 258 g/mol. The molecule has 0 fully saturated rings. The van der Waals surface area contributed by atoms with E-state index in [1.807, 2.05) is 26.8 Å². The van der Waals surface area contributed by atoms with Crippen LogP contribution in [0.2, 0.25) is 0 Å². The number of carbonyl (C=O) groups excluding carboxylic acids is 2. The number of fused-ring (bicyclic) bond motifs is 1. The first-order valence-corrected chi connectivity index (χ1v) is 6.60. The first kappa shape index (κ1) is 14.4. The Balaban J connectivity index is 2.28. The molecule has 1 aliphatic carbocycles. The van der Waals surface area contributed by atoms with E-state index in [1.54, 1.807) is 12.3 Å². The largest absolute Gasteiger partial charge is 0.443 e. The van der Waals surface area contributed by atoms with Gasteiger partial charge >= 0.3 is 12.1 Å². The number of allylic oxidation sites excluding steroid dienone is 1. The van der Waals surface area contributed by atoms with Gasteiger partial charge in [0.25, 0.3) is 0 Å². The van der Waals surface area contributed by atoms with E-state index in [-0.39, 0.29) is 5.97 Å². The molecule has 0 amide bonds. The summed E-state index contributed by atoms with van der Waals surface area (Å²) in [6, 6.07) is 1.77. The van der Waals surface area contributed by atoms with Crippen LogP contribution < -0.4 is 0 Å². The van der Waals surface area contributed by atoms with Crippen molar-refractivity contribution in [3.05, 3.63) is 29.6 Å². The number of ether oxygens (including phenoxy) is 2. The second kappa shape index (κ2) is 5.15. The van der Waals surface area contributed by atoms with Crippen molar-refractivity contribution in [3.63, 3.8) is 0 Å². The second-order valence-electron chi connectivity index (χ2n) is 5.73. The average molecular weight is 277 g/mol. The Hall–Kier alpha value is -2.04. The molecule has 0 bridgehead atoms. The van der Waals surface area contributed by atoms with Crippen LogP contribution in [0.5, 0.6) is 0 Å². The van der Waals surface area contributed by atoms with E-state index in [4.69, 9.17) is 9.47 Å². The van der Waals surface area contributed by atoms with Gasteiger partial charge in [0.2, 0.25) is 0 Å². The zero-order valence-corrected chi connectivity index (χ0v) is 12.2. The SMILES string of the molecule is CC(=O)OC1=CCCc2c1ccn2C(=O)OC(C)(C)C. The summed E-state index contributed by atoms with van der Waals surface area (Å²) in [5, 5.41) is 0. The minimum absolute atomic E-state index is 0.367. The lowest BCUT2D eigenvalue weighted by molar-refractivity contribution is -0.134. The first-order valence-electron chi connectivity index (χ1n) is 6.60. The summed E-state index contributed by atoms with van der Waals surface area (Å²) in [4.78, 5) is 23.2. The minimum Gasteiger partial charge on any atom is -0.443 e. The molecule has 1 aliphatic rings. The molecule has 0 aliphatic heterocycles. The monoisotopic (exact) mass is 277 g/mol. The van der Waals surface area contributed by atoms with E-state index in [2.05, 4.69) is 0 Å². The molecular formula is C15H19NO4. The fraction of sp³-hybridized carbons (Fsp3) is 0.467. The van der Waals surface area contributed by atoms with Crippen molar-refractivity contribution in [1.82, 2.24) is 4.57 Å². The highest BCUT2D eigenvalue weighted by Gasteiger charge is 2.24. The van der Waals surface area contributed by atoms with E-state index in [0.29, 0.717) is 12.2 Å². The van der Waals surface area contributed by atoms with Crippen molar-refractivity contribution in [2.24, 2.45) is 0 Å². The third-order valence-electron chi connectivity index (χ3n) is 2.81. The predicted octanol–water partition coefficient (Wildman–Crippen LogP) is 3.12. The topological polar surface area (TPSA) is 57.5 Å². The van der Waals surface area contributed by atoms with Gasteiger partial charge in [-0.1, -0.05) is 0 Å². The molecule has 20 heavy (non-hydrogen) atoms. The maximum atomic E-state index is 12.1. The van der Waals surface area contributed by atoms with Crippen molar-refractivity contribution >= 4 is 17.8 Å². The van der Waals surface area contributed by atoms with E-state index < -0.39 is 11.7 Å². The van der Waals surface area contributed by atoms with Gasteiger partial charge in [-0.15, -0.1) is 0 Å². The lowest BCUT2D eigenvalue weighted by Crippen LogP contribution is -2.28. The summed E-state index contributed by atoms with van der Waals surface area (Å²) in [7, 11) is 0. The third-order valence-corrected chi connectivity index (χ3v) is 2.81. The maximum Gasteiger partial charge on any atom is 0.418 e. The van der Waals surface area contributed by atoms with E-state index >= 15 is 0 Å². The molecule has 0 spiro atoms. The highest BCUT2D eigenvalue weighted by molar-refractivity contribution is 5.80. The van der Waals surface area contributed by atoms with Gasteiger partial charge in [-0.05, 0) is 45.8 Å². The molecule has 2 rings (SSSR count). The third kappa shape index (κ3) is 3.10. The molecule has 0 N–H and O–H groups in total. The minimum atomic E-state index is -0.544. The molecule has 1 aromatic rings. The summed E-state index contributed by atoms with van der Waals surface area (Å²) in [6.07, 6.45) is 4.54. The highest BCUT2D eigenvalue weighted by atomic mass is 16.6. The van der Waals surface area contributed by atoms with Gasteiger partial charge in [0.15, 0.2) is 0 Å². The van der Waals surface area contributed by atoms with E-state index in [1.165, 1.54) is 11.5 Å². The number of hydrogen-bond acceptors (Lipinski definition) is 4. The van der Waals surface area contributed by atoms with Crippen molar-refractivity contribution in [3.8, 4) is 0 Å². The van der Waals surface area contributed by atoms with Crippen molar-refractivity contribution in [1.29, 1.82) is 0 Å². The summed E-state index contributed by atoms with van der Waals surface area (Å²) in [5.74, 6) is 0.148. The molecule has 108 valence electrons. The quantitative estimate of drug-likeness (QED) is 0.740. The molecule has 1 heterocycles. The van der Waals surface area contributed by atoms with Crippen LogP contribution in [0, 0.1) is 0 Å². The Kier molecular flexibility index (Phi) is 3.70. The van der Waals surface area contributed by atoms with Gasteiger partial charge in [-0.25, -0.2) is 4.79 Å². The Bertz CT molecular complexity index is 575. The molecule has 5 nitrogen and oxygen atoms in total. The molecule has 1 aromatic heterocycles. The van der Waals surface area contributed by atoms with E-state index in [0.717, 1.165) is 17.7 Å². The van der Waals surface area contributed by atoms with Crippen LogP contribution in [0.1, 0.15) is 45.4 Å². The summed E-state index contributed by atoms with van der Waals surface area (Å²) in [5.41, 5.74) is 1.05. The molecule has 0 atom stereocenters. The normalized spacial score (nSPS) is 14.3. The van der Waals surface area contributed by atoms with E-state index in [9.17, 15) is 9.59 Å². The molecule has 0 radical (unpaired) electrons. The van der Waals surface area contributed by atoms with Crippen molar-refractivity contribution in [2.45, 2.75) is 46.1 Å². The maximum absolute atomic E-state index is 12.1.